The average molecular weight is 1370 g/mol. The summed E-state index contributed by atoms with van der Waals surface area (Å²) in [5.74, 6) is -2.22. The van der Waals surface area contributed by atoms with Gasteiger partial charge in [-0.1, -0.05) is 235 Å². The molecule has 5 atom stereocenters. The maximum Gasteiger partial charge on any atom is 0.472 e. The minimum absolute atomic E-state index is 0.0816. The molecule has 0 radical (unpaired) electrons. The highest BCUT2D eigenvalue weighted by molar-refractivity contribution is 7.47. The van der Waals surface area contributed by atoms with Crippen LogP contribution < -0.4 is 0 Å². The van der Waals surface area contributed by atoms with Crippen LogP contribution in [0.1, 0.15) is 310 Å². The van der Waals surface area contributed by atoms with Crippen LogP contribution in [0.2, 0.25) is 0 Å². The Morgan fingerprint density at radius 2 is 0.564 bits per heavy atom. The summed E-state index contributed by atoms with van der Waals surface area (Å²) in [4.78, 5) is 72.7. The van der Waals surface area contributed by atoms with E-state index in [9.17, 15) is 43.2 Å². The first kappa shape index (κ1) is 90.2. The highest BCUT2D eigenvalue weighted by Crippen LogP contribution is 2.45. The minimum Gasteiger partial charge on any atom is -0.462 e. The van der Waals surface area contributed by atoms with Gasteiger partial charge >= 0.3 is 39.5 Å². The Balaban J connectivity index is 5.33. The SMILES string of the molecule is CC/C=C\C/C=C\C/C=C\CCCCCCCC(=O)OCC(COP(=O)(O)OCC(O)COP(=O)(O)OCC(COC(=O)CCCCCCC/C=C\C/C=C\CCCCC)OC(=O)CCCCCCC/C=C\CCCC)OC(=O)CCCCCCC/C=C\CCCCCC. The highest BCUT2D eigenvalue weighted by atomic mass is 31.2. The van der Waals surface area contributed by atoms with Crippen LogP contribution in [0.15, 0.2) is 85.1 Å². The average Bonchev–Trinajstić information content (AvgIpc) is 1.55. The number of allylic oxidation sites excluding steroid dienone is 14. The standard InChI is InChI=1S/C75H132O17P2/c1-5-9-13-17-21-25-29-32-34-37-40-43-47-51-55-59-72(77)85-65-70(91-74(79)61-57-53-49-45-39-28-24-20-16-12-8-4)67-89-93(81,82)87-63-69(76)64-88-94(83,84)90-68-71(92-75(80)62-58-54-50-46-42-36-31-27-23-19-15-11-7-3)66-86-73(78)60-56-52-48-44-41-38-35-33-30-26-22-18-14-10-6-2/h10,14,20-22,24-27,31-35,69-71,76H,5-9,11-13,15-19,23,28-30,36-68H2,1-4H3,(H,81,82)(H,83,84)/b14-10-,24-20-,25-21-,26-22-,31-27-,34-32-,35-33-. The molecule has 544 valence electrons. The number of hydrogen-bond donors (Lipinski definition) is 3. The number of unbranched alkanes of at least 4 members (excludes halogenated alkanes) is 29. The Labute approximate surface area is 570 Å². The zero-order valence-electron chi connectivity index (χ0n) is 59.1. The quantitative estimate of drug-likeness (QED) is 0.0169. The Morgan fingerprint density at radius 1 is 0.309 bits per heavy atom. The largest absolute Gasteiger partial charge is 0.472 e. The summed E-state index contributed by atoms with van der Waals surface area (Å²) in [7, 11) is -9.95. The number of carbonyl (C=O) groups excluding carboxylic acids is 4. The van der Waals surface area contributed by atoms with Gasteiger partial charge in [0.05, 0.1) is 26.4 Å². The van der Waals surface area contributed by atoms with E-state index >= 15 is 0 Å². The summed E-state index contributed by atoms with van der Waals surface area (Å²) in [6.45, 7) is 4.63. The molecule has 0 aliphatic heterocycles. The summed E-state index contributed by atoms with van der Waals surface area (Å²) >= 11 is 0. The lowest BCUT2D eigenvalue weighted by atomic mass is 10.1. The first-order valence-electron chi connectivity index (χ1n) is 36.8. The molecule has 0 aromatic heterocycles. The molecule has 0 rings (SSSR count). The van der Waals surface area contributed by atoms with Crippen molar-refractivity contribution in [3.8, 4) is 0 Å². The summed E-state index contributed by atoms with van der Waals surface area (Å²) in [5, 5.41) is 10.6. The second kappa shape index (κ2) is 67.8. The van der Waals surface area contributed by atoms with Crippen molar-refractivity contribution in [2.75, 3.05) is 39.6 Å². The topological polar surface area (TPSA) is 237 Å². The summed E-state index contributed by atoms with van der Waals surface area (Å²) in [5.41, 5.74) is 0. The third-order valence-electron chi connectivity index (χ3n) is 15.3. The normalized spacial score (nSPS) is 14.5. The smallest absolute Gasteiger partial charge is 0.462 e. The maximum absolute atomic E-state index is 13.0. The van der Waals surface area contributed by atoms with E-state index < -0.39 is 97.5 Å². The van der Waals surface area contributed by atoms with Crippen molar-refractivity contribution in [2.45, 2.75) is 329 Å². The molecule has 0 fully saturated rings. The fourth-order valence-electron chi connectivity index (χ4n) is 9.65. The number of hydrogen-bond acceptors (Lipinski definition) is 15. The Morgan fingerprint density at radius 3 is 0.915 bits per heavy atom. The van der Waals surface area contributed by atoms with E-state index in [-0.39, 0.29) is 25.7 Å². The van der Waals surface area contributed by atoms with Crippen LogP contribution in [-0.4, -0.2) is 96.7 Å². The number of phosphoric ester groups is 2. The molecule has 5 unspecified atom stereocenters. The van der Waals surface area contributed by atoms with Gasteiger partial charge in [0.25, 0.3) is 0 Å². The van der Waals surface area contributed by atoms with E-state index in [0.717, 1.165) is 173 Å². The number of carbonyl (C=O) groups is 4. The molecule has 0 spiro atoms. The number of esters is 4. The molecule has 0 aromatic carbocycles. The van der Waals surface area contributed by atoms with E-state index in [2.05, 4.69) is 113 Å². The fourth-order valence-corrected chi connectivity index (χ4v) is 11.2. The van der Waals surface area contributed by atoms with Crippen molar-refractivity contribution < 1.29 is 80.2 Å². The summed E-state index contributed by atoms with van der Waals surface area (Å²) < 4.78 is 68.3. The monoisotopic (exact) mass is 1370 g/mol. The van der Waals surface area contributed by atoms with Crippen molar-refractivity contribution >= 4 is 39.5 Å². The molecule has 0 heterocycles. The molecule has 17 nitrogen and oxygen atoms in total. The van der Waals surface area contributed by atoms with Crippen molar-refractivity contribution in [1.82, 2.24) is 0 Å². The van der Waals surface area contributed by atoms with E-state index in [1.54, 1.807) is 0 Å². The van der Waals surface area contributed by atoms with Gasteiger partial charge in [-0.3, -0.25) is 37.3 Å². The lowest BCUT2D eigenvalue weighted by Crippen LogP contribution is -2.30. The fraction of sp³-hybridized carbons (Fsp3) is 0.760. The van der Waals surface area contributed by atoms with E-state index in [1.807, 2.05) is 0 Å². The van der Waals surface area contributed by atoms with Crippen LogP contribution in [0.5, 0.6) is 0 Å². The van der Waals surface area contributed by atoms with Crippen LogP contribution in [0.25, 0.3) is 0 Å². The third-order valence-corrected chi connectivity index (χ3v) is 17.2. The van der Waals surface area contributed by atoms with Gasteiger partial charge in [0, 0.05) is 25.7 Å². The number of ether oxygens (including phenoxy) is 4. The van der Waals surface area contributed by atoms with Crippen LogP contribution in [-0.2, 0) is 65.4 Å². The maximum atomic E-state index is 13.0. The number of phosphoric acid groups is 2. The molecule has 0 aliphatic carbocycles. The van der Waals surface area contributed by atoms with Gasteiger partial charge in [0.1, 0.15) is 19.3 Å². The van der Waals surface area contributed by atoms with Gasteiger partial charge in [-0.2, -0.15) is 0 Å². The molecule has 0 amide bonds. The van der Waals surface area contributed by atoms with Crippen molar-refractivity contribution in [1.29, 1.82) is 0 Å². The predicted molar refractivity (Wildman–Crippen MR) is 381 cm³/mol. The second-order valence-electron chi connectivity index (χ2n) is 24.5. The van der Waals surface area contributed by atoms with Gasteiger partial charge in [-0.25, -0.2) is 9.13 Å². The third kappa shape index (κ3) is 66.8. The highest BCUT2D eigenvalue weighted by Gasteiger charge is 2.30. The number of aliphatic hydroxyl groups is 1. The number of rotatable bonds is 69. The molecular weight excluding hydrogens is 1230 g/mol. The van der Waals surface area contributed by atoms with E-state index in [1.165, 1.54) is 57.8 Å². The molecule has 94 heavy (non-hydrogen) atoms. The van der Waals surface area contributed by atoms with Gasteiger partial charge in [-0.05, 0) is 135 Å². The van der Waals surface area contributed by atoms with Crippen LogP contribution in [0.4, 0.5) is 0 Å². The van der Waals surface area contributed by atoms with Gasteiger partial charge in [-0.15, -0.1) is 0 Å². The Kier molecular flexibility index (Phi) is 65.1. The Bertz CT molecular complexity index is 2120. The summed E-state index contributed by atoms with van der Waals surface area (Å²) in [6.07, 6.45) is 67.3. The van der Waals surface area contributed by atoms with E-state index in [4.69, 9.17) is 37.0 Å². The van der Waals surface area contributed by atoms with Crippen LogP contribution in [0.3, 0.4) is 0 Å². The molecule has 3 N–H and O–H groups in total. The summed E-state index contributed by atoms with van der Waals surface area (Å²) in [6, 6.07) is 0. The van der Waals surface area contributed by atoms with Gasteiger partial charge in [0.15, 0.2) is 12.2 Å². The van der Waals surface area contributed by atoms with Crippen LogP contribution in [0, 0.1) is 0 Å². The lowest BCUT2D eigenvalue weighted by Gasteiger charge is -2.21. The minimum atomic E-state index is -4.97. The first-order valence-corrected chi connectivity index (χ1v) is 39.8. The van der Waals surface area contributed by atoms with Gasteiger partial charge < -0.3 is 33.8 Å². The molecule has 0 saturated heterocycles. The molecular formula is C75H132O17P2. The number of aliphatic hydroxyl groups excluding tert-OH is 1. The van der Waals surface area contributed by atoms with Crippen molar-refractivity contribution in [2.24, 2.45) is 0 Å². The first-order chi connectivity index (χ1) is 45.7. The van der Waals surface area contributed by atoms with Gasteiger partial charge in [0.2, 0.25) is 0 Å². The van der Waals surface area contributed by atoms with Crippen molar-refractivity contribution in [3.63, 3.8) is 0 Å². The Hall–Kier alpha value is -3.76. The predicted octanol–water partition coefficient (Wildman–Crippen LogP) is 20.7. The lowest BCUT2D eigenvalue weighted by molar-refractivity contribution is -0.161. The molecule has 19 heteroatoms. The molecule has 0 aromatic rings. The zero-order chi connectivity index (χ0) is 69.0. The molecule has 0 aliphatic rings. The van der Waals surface area contributed by atoms with Crippen LogP contribution >= 0.6 is 15.6 Å². The van der Waals surface area contributed by atoms with E-state index in [0.29, 0.717) is 25.7 Å². The van der Waals surface area contributed by atoms with Crippen molar-refractivity contribution in [3.05, 3.63) is 85.1 Å². The molecule has 0 saturated carbocycles. The zero-order valence-corrected chi connectivity index (χ0v) is 60.9. The molecule has 0 bridgehead atoms. The second-order valence-corrected chi connectivity index (χ2v) is 27.4.